The van der Waals surface area contributed by atoms with Crippen molar-refractivity contribution in [1.29, 1.82) is 0 Å². The fourth-order valence-corrected chi connectivity index (χ4v) is 3.39. The molecule has 0 atom stereocenters. The van der Waals surface area contributed by atoms with Crippen LogP contribution >= 0.6 is 0 Å². The number of rotatable bonds is 5. The van der Waals surface area contributed by atoms with Crippen LogP contribution in [0.15, 0.2) is 12.4 Å². The minimum absolute atomic E-state index is 0.195. The third-order valence-electron chi connectivity index (χ3n) is 3.66. The summed E-state index contributed by atoms with van der Waals surface area (Å²) in [5.74, 6) is 1.27. The predicted octanol–water partition coefficient (Wildman–Crippen LogP) is -0.0701. The van der Waals surface area contributed by atoms with Crippen LogP contribution in [-0.2, 0) is 23.5 Å². The molecule has 0 N–H and O–H groups in total. The second kappa shape index (κ2) is 6.02. The second-order valence-corrected chi connectivity index (χ2v) is 7.10. The number of nitrogens with zero attached hydrogens (tertiary/aromatic N) is 4. The Morgan fingerprint density at radius 3 is 2.47 bits per heavy atom. The van der Waals surface area contributed by atoms with Gasteiger partial charge in [0.1, 0.15) is 5.82 Å². The Bertz CT molecular complexity index is 504. The van der Waals surface area contributed by atoms with Crippen molar-refractivity contribution in [3.63, 3.8) is 0 Å². The van der Waals surface area contributed by atoms with Crippen LogP contribution in [0.4, 0.5) is 0 Å². The molecule has 1 aliphatic heterocycles. The Kier molecular flexibility index (Phi) is 4.59. The second-order valence-electron chi connectivity index (χ2n) is 4.85. The van der Waals surface area contributed by atoms with E-state index < -0.39 is 10.0 Å². The maximum absolute atomic E-state index is 11.7. The minimum atomic E-state index is -3.02. The number of aromatic nitrogens is 2. The lowest BCUT2D eigenvalue weighted by atomic mass is 10.3. The molecule has 1 aromatic rings. The Hall–Kier alpha value is -0.920. The fraction of sp³-hybridized carbons (Fsp3) is 0.750. The quantitative estimate of drug-likeness (QED) is 0.760. The summed E-state index contributed by atoms with van der Waals surface area (Å²) in [6, 6.07) is 0. The van der Waals surface area contributed by atoms with Crippen molar-refractivity contribution >= 4 is 10.0 Å². The molecule has 0 bridgehead atoms. The van der Waals surface area contributed by atoms with Gasteiger partial charge in [0.25, 0.3) is 0 Å². The zero-order valence-electron chi connectivity index (χ0n) is 11.6. The van der Waals surface area contributed by atoms with Crippen LogP contribution in [0.5, 0.6) is 0 Å². The first-order chi connectivity index (χ1) is 9.03. The summed E-state index contributed by atoms with van der Waals surface area (Å²) < 4.78 is 27.1. The highest BCUT2D eigenvalue weighted by atomic mass is 32.2. The highest BCUT2D eigenvalue weighted by Crippen LogP contribution is 2.08. The first-order valence-electron chi connectivity index (χ1n) is 6.69. The summed E-state index contributed by atoms with van der Waals surface area (Å²) in [6.07, 6.45) is 4.66. The van der Waals surface area contributed by atoms with Crippen LogP contribution in [0.1, 0.15) is 12.7 Å². The van der Waals surface area contributed by atoms with Crippen molar-refractivity contribution in [2.24, 2.45) is 7.05 Å². The predicted molar refractivity (Wildman–Crippen MR) is 74.4 cm³/mol. The molecule has 0 spiro atoms. The first-order valence-corrected chi connectivity index (χ1v) is 8.30. The van der Waals surface area contributed by atoms with Gasteiger partial charge in [0.05, 0.1) is 5.75 Å². The summed E-state index contributed by atoms with van der Waals surface area (Å²) >= 11 is 0. The van der Waals surface area contributed by atoms with Gasteiger partial charge in [0.2, 0.25) is 10.0 Å². The number of aryl methyl sites for hydroxylation is 1. The number of sulfonamides is 1. The van der Waals surface area contributed by atoms with Crippen LogP contribution in [0.25, 0.3) is 0 Å². The maximum Gasteiger partial charge on any atom is 0.213 e. The van der Waals surface area contributed by atoms with Crippen molar-refractivity contribution < 1.29 is 8.42 Å². The topological polar surface area (TPSA) is 58.4 Å². The van der Waals surface area contributed by atoms with Gasteiger partial charge in [-0.3, -0.25) is 0 Å². The first kappa shape index (κ1) is 14.5. The van der Waals surface area contributed by atoms with Crippen LogP contribution in [0.3, 0.4) is 0 Å². The number of piperazine rings is 1. The molecule has 2 rings (SSSR count). The summed E-state index contributed by atoms with van der Waals surface area (Å²) in [5, 5.41) is 0. The van der Waals surface area contributed by atoms with E-state index in [2.05, 4.69) is 9.88 Å². The van der Waals surface area contributed by atoms with Gasteiger partial charge >= 0.3 is 0 Å². The molecule has 1 fully saturated rings. The average molecular weight is 286 g/mol. The monoisotopic (exact) mass is 286 g/mol. The molecule has 1 saturated heterocycles. The molecular weight excluding hydrogens is 264 g/mol. The van der Waals surface area contributed by atoms with Gasteiger partial charge in [0.15, 0.2) is 0 Å². The Balaban J connectivity index is 1.80. The molecule has 6 nitrogen and oxygen atoms in total. The van der Waals surface area contributed by atoms with Crippen molar-refractivity contribution in [3.05, 3.63) is 18.2 Å². The van der Waals surface area contributed by atoms with E-state index in [4.69, 9.17) is 0 Å². The molecule has 0 amide bonds. The summed E-state index contributed by atoms with van der Waals surface area (Å²) in [4.78, 5) is 6.60. The summed E-state index contributed by atoms with van der Waals surface area (Å²) in [5.41, 5.74) is 0. The van der Waals surface area contributed by atoms with Crippen molar-refractivity contribution in [3.8, 4) is 0 Å². The zero-order valence-corrected chi connectivity index (χ0v) is 12.4. The highest BCUT2D eigenvalue weighted by Gasteiger charge is 2.25. The van der Waals surface area contributed by atoms with Gasteiger partial charge in [-0.1, -0.05) is 0 Å². The molecule has 2 heterocycles. The van der Waals surface area contributed by atoms with Crippen molar-refractivity contribution in [2.75, 3.05) is 38.5 Å². The molecule has 0 radical (unpaired) electrons. The number of imidazole rings is 1. The molecular formula is C12H22N4O2S. The van der Waals surface area contributed by atoms with E-state index in [1.807, 2.05) is 17.8 Å². The smallest absolute Gasteiger partial charge is 0.213 e. The summed E-state index contributed by atoms with van der Waals surface area (Å²) in [7, 11) is -1.03. The average Bonchev–Trinajstić information content (AvgIpc) is 2.82. The third-order valence-corrected chi connectivity index (χ3v) is 5.54. The largest absolute Gasteiger partial charge is 0.338 e. The summed E-state index contributed by atoms with van der Waals surface area (Å²) in [6.45, 7) is 5.47. The van der Waals surface area contributed by atoms with Crippen molar-refractivity contribution in [2.45, 2.75) is 13.3 Å². The van der Waals surface area contributed by atoms with E-state index >= 15 is 0 Å². The molecule has 19 heavy (non-hydrogen) atoms. The van der Waals surface area contributed by atoms with Crippen LogP contribution in [0.2, 0.25) is 0 Å². The van der Waals surface area contributed by atoms with Crippen LogP contribution in [-0.4, -0.2) is 65.7 Å². The molecule has 0 aliphatic carbocycles. The van der Waals surface area contributed by atoms with E-state index in [1.54, 1.807) is 17.4 Å². The highest BCUT2D eigenvalue weighted by molar-refractivity contribution is 7.89. The minimum Gasteiger partial charge on any atom is -0.338 e. The Labute approximate surface area is 115 Å². The van der Waals surface area contributed by atoms with E-state index in [1.165, 1.54) is 0 Å². The van der Waals surface area contributed by atoms with Gasteiger partial charge in [-0.2, -0.15) is 4.31 Å². The molecule has 108 valence electrons. The molecule has 1 aromatic heterocycles. The number of hydrogen-bond acceptors (Lipinski definition) is 4. The molecule has 0 aromatic carbocycles. The maximum atomic E-state index is 11.7. The Morgan fingerprint density at radius 1 is 1.26 bits per heavy atom. The lowest BCUT2D eigenvalue weighted by molar-refractivity contribution is 0.189. The fourth-order valence-electron chi connectivity index (χ4n) is 2.31. The van der Waals surface area contributed by atoms with E-state index in [-0.39, 0.29) is 5.75 Å². The van der Waals surface area contributed by atoms with E-state index in [0.29, 0.717) is 13.1 Å². The Morgan fingerprint density at radius 2 is 1.95 bits per heavy atom. The van der Waals surface area contributed by atoms with E-state index in [9.17, 15) is 8.42 Å². The van der Waals surface area contributed by atoms with Crippen LogP contribution < -0.4 is 0 Å². The molecule has 0 unspecified atom stereocenters. The zero-order chi connectivity index (χ0) is 13.9. The third kappa shape index (κ3) is 3.55. The standard InChI is InChI=1S/C12H22N4O2S/c1-3-19(17,18)16-10-8-15(9-11-16)6-4-12-13-5-7-14(12)2/h5,7H,3-4,6,8-11H2,1-2H3. The van der Waals surface area contributed by atoms with Gasteiger partial charge in [-0.05, 0) is 6.92 Å². The van der Waals surface area contributed by atoms with E-state index in [0.717, 1.165) is 31.9 Å². The molecule has 7 heteroatoms. The lowest BCUT2D eigenvalue weighted by Crippen LogP contribution is -2.49. The lowest BCUT2D eigenvalue weighted by Gasteiger charge is -2.33. The molecule has 1 aliphatic rings. The SMILES string of the molecule is CCS(=O)(=O)N1CCN(CCc2nccn2C)CC1. The normalized spacial score (nSPS) is 18.8. The van der Waals surface area contributed by atoms with Gasteiger partial charge < -0.3 is 9.47 Å². The molecule has 0 saturated carbocycles. The number of hydrogen-bond donors (Lipinski definition) is 0. The van der Waals surface area contributed by atoms with Gasteiger partial charge in [0, 0.05) is 58.6 Å². The van der Waals surface area contributed by atoms with Crippen molar-refractivity contribution in [1.82, 2.24) is 18.8 Å². The van der Waals surface area contributed by atoms with Gasteiger partial charge in [-0.15, -0.1) is 0 Å². The van der Waals surface area contributed by atoms with Crippen LogP contribution in [0, 0.1) is 0 Å². The van der Waals surface area contributed by atoms with Gasteiger partial charge in [-0.25, -0.2) is 13.4 Å².